The molecular formula is C12H22N2O4S. The SMILES string of the molecule is CCCNC(=O)CN(C)C(=O)CSCC(C)C(=O)O. The van der Waals surface area contributed by atoms with Crippen LogP contribution in [0, 0.1) is 5.92 Å². The fourth-order valence-electron chi connectivity index (χ4n) is 1.13. The first-order valence-electron chi connectivity index (χ1n) is 6.19. The van der Waals surface area contributed by atoms with Gasteiger partial charge in [-0.2, -0.15) is 11.8 Å². The number of thioether (sulfide) groups is 1. The molecule has 7 heteroatoms. The summed E-state index contributed by atoms with van der Waals surface area (Å²) in [5, 5.41) is 11.4. The Bertz CT molecular complexity index is 323. The molecule has 2 amide bonds. The Hall–Kier alpha value is -1.24. The molecule has 0 aliphatic rings. The summed E-state index contributed by atoms with van der Waals surface area (Å²) in [6.45, 7) is 4.19. The minimum Gasteiger partial charge on any atom is -0.481 e. The normalized spacial score (nSPS) is 11.7. The van der Waals surface area contributed by atoms with Gasteiger partial charge in [0.2, 0.25) is 11.8 Å². The van der Waals surface area contributed by atoms with E-state index >= 15 is 0 Å². The minimum absolute atomic E-state index is 0.0356. The highest BCUT2D eigenvalue weighted by Crippen LogP contribution is 2.09. The molecule has 1 atom stereocenters. The number of carbonyl (C=O) groups is 3. The van der Waals surface area contributed by atoms with E-state index in [4.69, 9.17) is 5.11 Å². The zero-order valence-electron chi connectivity index (χ0n) is 11.6. The molecule has 1 unspecified atom stereocenters. The van der Waals surface area contributed by atoms with Gasteiger partial charge in [0.1, 0.15) is 0 Å². The number of likely N-dealkylation sites (N-methyl/N-ethyl adjacent to an activating group) is 1. The lowest BCUT2D eigenvalue weighted by atomic mass is 10.2. The molecule has 0 radical (unpaired) electrons. The molecule has 0 aromatic heterocycles. The molecular weight excluding hydrogens is 268 g/mol. The van der Waals surface area contributed by atoms with Crippen molar-refractivity contribution in [1.29, 1.82) is 0 Å². The zero-order valence-corrected chi connectivity index (χ0v) is 12.5. The number of nitrogens with zero attached hydrogens (tertiary/aromatic N) is 1. The van der Waals surface area contributed by atoms with E-state index in [1.54, 1.807) is 14.0 Å². The first kappa shape index (κ1) is 17.8. The van der Waals surface area contributed by atoms with E-state index < -0.39 is 11.9 Å². The molecule has 0 aromatic rings. The third-order valence-corrected chi connectivity index (χ3v) is 3.58. The summed E-state index contributed by atoms with van der Waals surface area (Å²) in [5.41, 5.74) is 0. The van der Waals surface area contributed by atoms with Crippen LogP contribution in [0.4, 0.5) is 0 Å². The van der Waals surface area contributed by atoms with Crippen molar-refractivity contribution >= 4 is 29.5 Å². The number of carboxylic acids is 1. The smallest absolute Gasteiger partial charge is 0.307 e. The highest BCUT2D eigenvalue weighted by Gasteiger charge is 2.15. The fraction of sp³-hybridized carbons (Fsp3) is 0.750. The molecule has 110 valence electrons. The van der Waals surface area contributed by atoms with Crippen LogP contribution < -0.4 is 5.32 Å². The van der Waals surface area contributed by atoms with Gasteiger partial charge in [0.25, 0.3) is 0 Å². The van der Waals surface area contributed by atoms with Gasteiger partial charge in [0.15, 0.2) is 0 Å². The van der Waals surface area contributed by atoms with Gasteiger partial charge in [-0.1, -0.05) is 13.8 Å². The van der Waals surface area contributed by atoms with Crippen molar-refractivity contribution < 1.29 is 19.5 Å². The van der Waals surface area contributed by atoms with Gasteiger partial charge >= 0.3 is 5.97 Å². The number of hydrogen-bond acceptors (Lipinski definition) is 4. The number of carbonyl (C=O) groups excluding carboxylic acids is 2. The lowest BCUT2D eigenvalue weighted by Gasteiger charge is -2.16. The summed E-state index contributed by atoms with van der Waals surface area (Å²) in [6, 6.07) is 0. The van der Waals surface area contributed by atoms with E-state index in [0.717, 1.165) is 6.42 Å². The Morgan fingerprint density at radius 2 is 2.00 bits per heavy atom. The Labute approximate surface area is 117 Å². The standard InChI is InChI=1S/C12H22N2O4S/c1-4-5-13-10(15)6-14(3)11(16)8-19-7-9(2)12(17)18/h9H,4-8H2,1-3H3,(H,13,15)(H,17,18). The van der Waals surface area contributed by atoms with Gasteiger partial charge in [0, 0.05) is 19.3 Å². The average Bonchev–Trinajstić information content (AvgIpc) is 2.35. The van der Waals surface area contributed by atoms with Crippen LogP contribution in [0.15, 0.2) is 0 Å². The van der Waals surface area contributed by atoms with E-state index in [0.29, 0.717) is 12.3 Å². The van der Waals surface area contributed by atoms with Crippen LogP contribution in [-0.4, -0.2) is 59.4 Å². The molecule has 0 bridgehead atoms. The average molecular weight is 290 g/mol. The summed E-state index contributed by atoms with van der Waals surface area (Å²) >= 11 is 1.27. The summed E-state index contributed by atoms with van der Waals surface area (Å²) < 4.78 is 0. The topological polar surface area (TPSA) is 86.7 Å². The van der Waals surface area contributed by atoms with E-state index in [9.17, 15) is 14.4 Å². The van der Waals surface area contributed by atoms with Gasteiger partial charge in [-0.15, -0.1) is 0 Å². The van der Waals surface area contributed by atoms with Crippen LogP contribution in [0.1, 0.15) is 20.3 Å². The van der Waals surface area contributed by atoms with Crippen LogP contribution in [-0.2, 0) is 14.4 Å². The second-order valence-electron chi connectivity index (χ2n) is 4.35. The van der Waals surface area contributed by atoms with Crippen molar-refractivity contribution in [2.45, 2.75) is 20.3 Å². The Kier molecular flexibility index (Phi) is 9.03. The summed E-state index contributed by atoms with van der Waals surface area (Å²) in [5.74, 6) is -1.12. The highest BCUT2D eigenvalue weighted by atomic mass is 32.2. The van der Waals surface area contributed by atoms with Crippen molar-refractivity contribution in [1.82, 2.24) is 10.2 Å². The maximum Gasteiger partial charge on any atom is 0.307 e. The number of rotatable bonds is 9. The molecule has 0 heterocycles. The van der Waals surface area contributed by atoms with Gasteiger partial charge in [-0.05, 0) is 6.42 Å². The number of carboxylic acid groups (broad SMARTS) is 1. The maximum atomic E-state index is 11.7. The third kappa shape index (κ3) is 8.47. The Balaban J connectivity index is 3.87. The Morgan fingerprint density at radius 3 is 2.53 bits per heavy atom. The molecule has 2 N–H and O–H groups in total. The predicted octanol–water partition coefficient (Wildman–Crippen LogP) is 0.425. The third-order valence-electron chi connectivity index (χ3n) is 2.39. The second kappa shape index (κ2) is 9.66. The van der Waals surface area contributed by atoms with E-state index in [1.165, 1.54) is 16.7 Å². The second-order valence-corrected chi connectivity index (χ2v) is 5.38. The van der Waals surface area contributed by atoms with E-state index in [1.807, 2.05) is 6.92 Å². The largest absolute Gasteiger partial charge is 0.481 e. The lowest BCUT2D eigenvalue weighted by Crippen LogP contribution is -2.39. The first-order valence-corrected chi connectivity index (χ1v) is 7.35. The minimum atomic E-state index is -0.868. The number of amides is 2. The van der Waals surface area contributed by atoms with Crippen LogP contribution in [0.3, 0.4) is 0 Å². The molecule has 19 heavy (non-hydrogen) atoms. The molecule has 6 nitrogen and oxygen atoms in total. The summed E-state index contributed by atoms with van der Waals surface area (Å²) in [4.78, 5) is 35.0. The fourth-order valence-corrected chi connectivity index (χ4v) is 2.14. The van der Waals surface area contributed by atoms with Crippen LogP contribution in [0.2, 0.25) is 0 Å². The van der Waals surface area contributed by atoms with Crippen LogP contribution in [0.5, 0.6) is 0 Å². The van der Waals surface area contributed by atoms with Crippen LogP contribution >= 0.6 is 11.8 Å². The van der Waals surface area contributed by atoms with Crippen molar-refractivity contribution in [3.63, 3.8) is 0 Å². The van der Waals surface area contributed by atoms with E-state index in [2.05, 4.69) is 5.32 Å². The molecule has 0 aliphatic carbocycles. The molecule has 0 aromatic carbocycles. The van der Waals surface area contributed by atoms with E-state index in [-0.39, 0.29) is 24.1 Å². The number of hydrogen-bond donors (Lipinski definition) is 2. The summed E-state index contributed by atoms with van der Waals surface area (Å²) in [6.07, 6.45) is 0.854. The van der Waals surface area contributed by atoms with Crippen molar-refractivity contribution in [3.05, 3.63) is 0 Å². The van der Waals surface area contributed by atoms with Gasteiger partial charge in [-0.3, -0.25) is 14.4 Å². The van der Waals surface area contributed by atoms with Crippen LogP contribution in [0.25, 0.3) is 0 Å². The van der Waals surface area contributed by atoms with Gasteiger partial charge < -0.3 is 15.3 Å². The Morgan fingerprint density at radius 1 is 1.37 bits per heavy atom. The molecule has 0 saturated carbocycles. The molecule has 0 spiro atoms. The maximum absolute atomic E-state index is 11.7. The number of nitrogens with one attached hydrogen (secondary N) is 1. The van der Waals surface area contributed by atoms with Crippen molar-refractivity contribution in [2.75, 3.05) is 31.6 Å². The molecule has 0 aliphatic heterocycles. The summed E-state index contributed by atoms with van der Waals surface area (Å²) in [7, 11) is 1.56. The zero-order chi connectivity index (χ0) is 14.8. The number of aliphatic carboxylic acids is 1. The van der Waals surface area contributed by atoms with Crippen molar-refractivity contribution in [3.8, 4) is 0 Å². The quantitative estimate of drug-likeness (QED) is 0.643. The highest BCUT2D eigenvalue weighted by molar-refractivity contribution is 7.99. The van der Waals surface area contributed by atoms with Gasteiger partial charge in [-0.25, -0.2) is 0 Å². The molecule has 0 saturated heterocycles. The molecule has 0 rings (SSSR count). The van der Waals surface area contributed by atoms with Gasteiger partial charge in [0.05, 0.1) is 18.2 Å². The molecule has 0 fully saturated rings. The monoisotopic (exact) mass is 290 g/mol. The first-order chi connectivity index (χ1) is 8.88. The predicted molar refractivity (Wildman–Crippen MR) is 75.1 cm³/mol. The van der Waals surface area contributed by atoms with Crippen molar-refractivity contribution in [2.24, 2.45) is 5.92 Å². The lowest BCUT2D eigenvalue weighted by molar-refractivity contribution is -0.140.